The number of aliphatic hydroxyl groups excluding tert-OH is 1. The summed E-state index contributed by atoms with van der Waals surface area (Å²) >= 11 is 0. The van der Waals surface area contributed by atoms with Crippen LogP contribution in [0.4, 0.5) is 0 Å². The molecule has 0 aliphatic rings. The number of rotatable bonds is 5. The third-order valence-corrected chi connectivity index (χ3v) is 3.57. The van der Waals surface area contributed by atoms with Crippen molar-refractivity contribution in [2.75, 3.05) is 6.61 Å². The van der Waals surface area contributed by atoms with Crippen LogP contribution in [0.1, 0.15) is 38.9 Å². The molecule has 0 aliphatic carbocycles. The Labute approximate surface area is 115 Å². The van der Waals surface area contributed by atoms with Gasteiger partial charge in [0.25, 0.3) is 0 Å². The number of ether oxygens (including phenoxy) is 1. The van der Waals surface area contributed by atoms with Crippen molar-refractivity contribution in [1.82, 2.24) is 0 Å². The maximum Gasteiger partial charge on any atom is 0.132 e. The lowest BCUT2D eigenvalue weighted by Crippen LogP contribution is -2.09. The summed E-state index contributed by atoms with van der Waals surface area (Å²) < 4.78 is 6.00. The van der Waals surface area contributed by atoms with Crippen molar-refractivity contribution in [2.24, 2.45) is 5.92 Å². The first-order valence-electron chi connectivity index (χ1n) is 6.96. The van der Waals surface area contributed by atoms with Gasteiger partial charge in [-0.1, -0.05) is 56.7 Å². The van der Waals surface area contributed by atoms with E-state index in [1.165, 1.54) is 0 Å². The number of hydrogen-bond acceptors (Lipinski definition) is 2. The van der Waals surface area contributed by atoms with E-state index in [0.29, 0.717) is 12.5 Å². The van der Waals surface area contributed by atoms with E-state index in [1.807, 2.05) is 30.3 Å². The second-order valence-corrected chi connectivity index (χ2v) is 5.21. The fraction of sp³-hybridized carbons (Fsp3) is 0.412. The molecule has 0 aromatic heterocycles. The molecule has 1 unspecified atom stereocenters. The zero-order valence-corrected chi connectivity index (χ0v) is 11.9. The Kier molecular flexibility index (Phi) is 4.43. The molecule has 0 heterocycles. The van der Waals surface area contributed by atoms with Crippen molar-refractivity contribution in [3.8, 4) is 5.75 Å². The Morgan fingerprint density at radius 2 is 1.84 bits per heavy atom. The molecule has 2 nitrogen and oxygen atoms in total. The molecule has 0 saturated carbocycles. The summed E-state index contributed by atoms with van der Waals surface area (Å²) in [5.41, 5.74) is 0.863. The highest BCUT2D eigenvalue weighted by Gasteiger charge is 2.13. The highest BCUT2D eigenvalue weighted by molar-refractivity contribution is 5.89. The van der Waals surface area contributed by atoms with Crippen LogP contribution in [0.15, 0.2) is 36.4 Å². The SMILES string of the molecule is CCC(C)COc1c([C@H](C)O)ccc2ccccc12. The molecule has 0 amide bonds. The van der Waals surface area contributed by atoms with Crippen molar-refractivity contribution in [3.63, 3.8) is 0 Å². The summed E-state index contributed by atoms with van der Waals surface area (Å²) in [5.74, 6) is 1.34. The summed E-state index contributed by atoms with van der Waals surface area (Å²) in [6, 6.07) is 12.1. The van der Waals surface area contributed by atoms with E-state index >= 15 is 0 Å². The topological polar surface area (TPSA) is 29.5 Å². The van der Waals surface area contributed by atoms with Crippen LogP contribution in [0.2, 0.25) is 0 Å². The van der Waals surface area contributed by atoms with Crippen molar-refractivity contribution in [3.05, 3.63) is 42.0 Å². The Bertz CT molecular complexity index is 546. The minimum atomic E-state index is -0.517. The van der Waals surface area contributed by atoms with Gasteiger partial charge in [0.15, 0.2) is 0 Å². The highest BCUT2D eigenvalue weighted by atomic mass is 16.5. The first-order valence-corrected chi connectivity index (χ1v) is 6.96. The van der Waals surface area contributed by atoms with Gasteiger partial charge in [0, 0.05) is 10.9 Å². The summed E-state index contributed by atoms with van der Waals surface area (Å²) in [5, 5.41) is 12.1. The predicted octanol–water partition coefficient (Wildman–Crippen LogP) is 4.32. The summed E-state index contributed by atoms with van der Waals surface area (Å²) in [6.07, 6.45) is 0.575. The molecule has 1 N–H and O–H groups in total. The zero-order valence-electron chi connectivity index (χ0n) is 11.9. The molecule has 2 atom stereocenters. The molecule has 0 bridgehead atoms. The van der Waals surface area contributed by atoms with E-state index in [4.69, 9.17) is 4.74 Å². The maximum atomic E-state index is 9.91. The Hall–Kier alpha value is -1.54. The molecule has 0 fully saturated rings. The van der Waals surface area contributed by atoms with Gasteiger partial charge in [-0.3, -0.25) is 0 Å². The number of fused-ring (bicyclic) bond motifs is 1. The van der Waals surface area contributed by atoms with Crippen LogP contribution in [0, 0.1) is 5.92 Å². The molecule has 2 aromatic carbocycles. The molecule has 0 radical (unpaired) electrons. The quantitative estimate of drug-likeness (QED) is 0.865. The molecule has 2 rings (SSSR count). The first-order chi connectivity index (χ1) is 9.13. The van der Waals surface area contributed by atoms with E-state index in [0.717, 1.165) is 28.5 Å². The monoisotopic (exact) mass is 258 g/mol. The van der Waals surface area contributed by atoms with Gasteiger partial charge < -0.3 is 9.84 Å². The second-order valence-electron chi connectivity index (χ2n) is 5.21. The zero-order chi connectivity index (χ0) is 13.8. The Morgan fingerprint density at radius 3 is 2.53 bits per heavy atom. The van der Waals surface area contributed by atoms with E-state index in [-0.39, 0.29) is 0 Å². The Morgan fingerprint density at radius 1 is 1.11 bits per heavy atom. The van der Waals surface area contributed by atoms with E-state index in [1.54, 1.807) is 6.92 Å². The summed E-state index contributed by atoms with van der Waals surface area (Å²) in [6.45, 7) is 6.80. The number of hydrogen-bond donors (Lipinski definition) is 1. The number of aliphatic hydroxyl groups is 1. The van der Waals surface area contributed by atoms with Crippen LogP contribution >= 0.6 is 0 Å². The predicted molar refractivity (Wildman–Crippen MR) is 79.5 cm³/mol. The smallest absolute Gasteiger partial charge is 0.132 e. The molecule has 102 valence electrons. The maximum absolute atomic E-state index is 9.91. The fourth-order valence-corrected chi connectivity index (χ4v) is 2.09. The first kappa shape index (κ1) is 13.9. The lowest BCUT2D eigenvalue weighted by atomic mass is 10.0. The van der Waals surface area contributed by atoms with Crippen LogP contribution in [0.5, 0.6) is 5.75 Å². The number of benzene rings is 2. The van der Waals surface area contributed by atoms with Crippen LogP contribution in [0.3, 0.4) is 0 Å². The van der Waals surface area contributed by atoms with Crippen molar-refractivity contribution >= 4 is 10.8 Å². The van der Waals surface area contributed by atoms with Crippen LogP contribution in [-0.4, -0.2) is 11.7 Å². The van der Waals surface area contributed by atoms with Crippen molar-refractivity contribution < 1.29 is 9.84 Å². The summed E-state index contributed by atoms with van der Waals surface area (Å²) in [4.78, 5) is 0. The van der Waals surface area contributed by atoms with E-state index in [9.17, 15) is 5.11 Å². The molecule has 0 spiro atoms. The van der Waals surface area contributed by atoms with Crippen molar-refractivity contribution in [1.29, 1.82) is 0 Å². The van der Waals surface area contributed by atoms with Gasteiger partial charge >= 0.3 is 0 Å². The second kappa shape index (κ2) is 6.07. The molecular weight excluding hydrogens is 236 g/mol. The Balaban J connectivity index is 2.43. The minimum absolute atomic E-state index is 0.515. The average Bonchev–Trinajstić information content (AvgIpc) is 2.43. The van der Waals surface area contributed by atoms with Crippen molar-refractivity contribution in [2.45, 2.75) is 33.3 Å². The van der Waals surface area contributed by atoms with Gasteiger partial charge in [-0.05, 0) is 18.2 Å². The highest BCUT2D eigenvalue weighted by Crippen LogP contribution is 2.33. The van der Waals surface area contributed by atoms with Crippen LogP contribution in [0.25, 0.3) is 10.8 Å². The summed E-state index contributed by atoms with van der Waals surface area (Å²) in [7, 11) is 0. The van der Waals surface area contributed by atoms with Gasteiger partial charge in [0.05, 0.1) is 12.7 Å². The standard InChI is InChI=1S/C17H22O2/c1-4-12(2)11-19-17-15(13(3)18)10-9-14-7-5-6-8-16(14)17/h5-10,12-13,18H,4,11H2,1-3H3/t12?,13-/m0/s1. The molecular formula is C17H22O2. The molecule has 2 aromatic rings. The van der Waals surface area contributed by atoms with Gasteiger partial charge in [-0.25, -0.2) is 0 Å². The lowest BCUT2D eigenvalue weighted by Gasteiger charge is -2.18. The van der Waals surface area contributed by atoms with Crippen LogP contribution < -0.4 is 4.74 Å². The fourth-order valence-electron chi connectivity index (χ4n) is 2.09. The third kappa shape index (κ3) is 3.07. The molecule has 0 saturated heterocycles. The van der Waals surface area contributed by atoms with Crippen LogP contribution in [-0.2, 0) is 0 Å². The normalized spacial score (nSPS) is 14.3. The molecule has 2 heteroatoms. The van der Waals surface area contributed by atoms with Gasteiger partial charge in [0.1, 0.15) is 5.75 Å². The van der Waals surface area contributed by atoms with E-state index in [2.05, 4.69) is 19.9 Å². The van der Waals surface area contributed by atoms with Gasteiger partial charge in [0.2, 0.25) is 0 Å². The molecule has 0 aliphatic heterocycles. The lowest BCUT2D eigenvalue weighted by molar-refractivity contribution is 0.187. The third-order valence-electron chi connectivity index (χ3n) is 3.57. The minimum Gasteiger partial charge on any atom is -0.492 e. The van der Waals surface area contributed by atoms with Gasteiger partial charge in [-0.15, -0.1) is 0 Å². The van der Waals surface area contributed by atoms with E-state index < -0.39 is 6.10 Å². The largest absolute Gasteiger partial charge is 0.492 e. The van der Waals surface area contributed by atoms with Gasteiger partial charge in [-0.2, -0.15) is 0 Å². The average molecular weight is 258 g/mol. The molecule has 19 heavy (non-hydrogen) atoms.